The molecule has 0 unspecified atom stereocenters. The molecule has 0 bridgehead atoms. The predicted octanol–water partition coefficient (Wildman–Crippen LogP) is 3.92. The van der Waals surface area contributed by atoms with Gasteiger partial charge in [-0.2, -0.15) is 0 Å². The van der Waals surface area contributed by atoms with Crippen LogP contribution in [0, 0.1) is 0 Å². The molecule has 23 heavy (non-hydrogen) atoms. The maximum absolute atomic E-state index is 12.5. The zero-order valence-corrected chi connectivity index (χ0v) is 14.1. The van der Waals surface area contributed by atoms with Crippen LogP contribution in [-0.4, -0.2) is 24.4 Å². The van der Waals surface area contributed by atoms with E-state index >= 15 is 0 Å². The standard InChI is InChI=1S/C18H23ClN2O2/c19-15-10-9-13(12-16(15)21-11-5-8-17(21)22)18(23)20-14-6-3-1-2-4-7-14/h9-10,12,14H,1-8,11H2,(H,20,23). The summed E-state index contributed by atoms with van der Waals surface area (Å²) in [4.78, 5) is 26.1. The van der Waals surface area contributed by atoms with Crippen LogP contribution in [0.1, 0.15) is 61.7 Å². The highest BCUT2D eigenvalue weighted by atomic mass is 35.5. The van der Waals surface area contributed by atoms with Crippen molar-refractivity contribution in [1.82, 2.24) is 5.32 Å². The van der Waals surface area contributed by atoms with Crippen LogP contribution < -0.4 is 10.2 Å². The minimum absolute atomic E-state index is 0.0681. The molecule has 0 spiro atoms. The Morgan fingerprint density at radius 3 is 2.52 bits per heavy atom. The van der Waals surface area contributed by atoms with Gasteiger partial charge in [-0.05, 0) is 37.5 Å². The minimum Gasteiger partial charge on any atom is -0.349 e. The van der Waals surface area contributed by atoms with Gasteiger partial charge in [0.05, 0.1) is 10.7 Å². The lowest BCUT2D eigenvalue weighted by Crippen LogP contribution is -2.34. The largest absolute Gasteiger partial charge is 0.349 e. The van der Waals surface area contributed by atoms with Gasteiger partial charge >= 0.3 is 0 Å². The highest BCUT2D eigenvalue weighted by molar-refractivity contribution is 6.34. The van der Waals surface area contributed by atoms with Crippen molar-refractivity contribution in [3.8, 4) is 0 Å². The molecule has 2 fully saturated rings. The normalized spacial score (nSPS) is 19.7. The number of nitrogens with zero attached hydrogens (tertiary/aromatic N) is 1. The molecule has 0 atom stereocenters. The van der Waals surface area contributed by atoms with E-state index in [1.54, 1.807) is 23.1 Å². The predicted molar refractivity (Wildman–Crippen MR) is 92.0 cm³/mol. The van der Waals surface area contributed by atoms with Gasteiger partial charge in [0.15, 0.2) is 0 Å². The Hall–Kier alpha value is -1.55. The number of carbonyl (C=O) groups is 2. The van der Waals surface area contributed by atoms with Gasteiger partial charge in [-0.3, -0.25) is 9.59 Å². The first-order valence-electron chi connectivity index (χ1n) is 8.56. The minimum atomic E-state index is -0.0681. The van der Waals surface area contributed by atoms with Crippen molar-refractivity contribution in [2.45, 2.75) is 57.4 Å². The summed E-state index contributed by atoms with van der Waals surface area (Å²) in [6.07, 6.45) is 8.37. The molecular formula is C18H23ClN2O2. The lowest BCUT2D eigenvalue weighted by Gasteiger charge is -2.20. The molecule has 1 aliphatic carbocycles. The summed E-state index contributed by atoms with van der Waals surface area (Å²) in [5.74, 6) is 0.00897. The van der Waals surface area contributed by atoms with E-state index < -0.39 is 0 Å². The molecule has 124 valence electrons. The van der Waals surface area contributed by atoms with Crippen molar-refractivity contribution < 1.29 is 9.59 Å². The molecule has 3 rings (SSSR count). The van der Waals surface area contributed by atoms with Crippen LogP contribution in [0.4, 0.5) is 5.69 Å². The first-order valence-corrected chi connectivity index (χ1v) is 8.94. The number of amides is 2. The quantitative estimate of drug-likeness (QED) is 0.852. The average Bonchev–Trinajstić information content (AvgIpc) is 2.80. The Morgan fingerprint density at radius 2 is 1.87 bits per heavy atom. The molecule has 1 saturated carbocycles. The number of nitrogens with one attached hydrogen (secondary N) is 1. The fourth-order valence-corrected chi connectivity index (χ4v) is 3.68. The van der Waals surface area contributed by atoms with Gasteiger partial charge in [-0.15, -0.1) is 0 Å². The van der Waals surface area contributed by atoms with Gasteiger partial charge in [0.2, 0.25) is 5.91 Å². The molecule has 0 aromatic heterocycles. The summed E-state index contributed by atoms with van der Waals surface area (Å²) >= 11 is 6.23. The second-order valence-electron chi connectivity index (χ2n) is 6.48. The van der Waals surface area contributed by atoms with Crippen molar-refractivity contribution >= 4 is 29.1 Å². The highest BCUT2D eigenvalue weighted by Crippen LogP contribution is 2.30. The Morgan fingerprint density at radius 1 is 1.13 bits per heavy atom. The van der Waals surface area contributed by atoms with Crippen LogP contribution in [0.25, 0.3) is 0 Å². The van der Waals surface area contributed by atoms with Crippen molar-refractivity contribution in [2.75, 3.05) is 11.4 Å². The summed E-state index contributed by atoms with van der Waals surface area (Å²) in [5.41, 5.74) is 1.23. The van der Waals surface area contributed by atoms with E-state index in [0.29, 0.717) is 29.2 Å². The Kier molecular flexibility index (Phi) is 5.21. The molecule has 5 heteroatoms. The summed E-state index contributed by atoms with van der Waals surface area (Å²) in [6, 6.07) is 5.46. The molecule has 1 aromatic carbocycles. The highest BCUT2D eigenvalue weighted by Gasteiger charge is 2.25. The first-order chi connectivity index (χ1) is 11.1. The third-order valence-electron chi connectivity index (χ3n) is 4.76. The van der Waals surface area contributed by atoms with Gasteiger partial charge in [-0.1, -0.05) is 37.3 Å². The van der Waals surface area contributed by atoms with E-state index in [2.05, 4.69) is 5.32 Å². The van der Waals surface area contributed by atoms with Crippen LogP contribution in [0.15, 0.2) is 18.2 Å². The topological polar surface area (TPSA) is 49.4 Å². The molecule has 4 nitrogen and oxygen atoms in total. The van der Waals surface area contributed by atoms with Crippen LogP contribution in [0.5, 0.6) is 0 Å². The second-order valence-corrected chi connectivity index (χ2v) is 6.88. The van der Waals surface area contributed by atoms with Gasteiger partial charge in [0.1, 0.15) is 0 Å². The maximum atomic E-state index is 12.5. The lowest BCUT2D eigenvalue weighted by atomic mass is 10.1. The number of hydrogen-bond acceptors (Lipinski definition) is 2. The second kappa shape index (κ2) is 7.35. The fraction of sp³-hybridized carbons (Fsp3) is 0.556. The van der Waals surface area contributed by atoms with Crippen molar-refractivity contribution in [1.29, 1.82) is 0 Å². The van der Waals surface area contributed by atoms with E-state index in [9.17, 15) is 9.59 Å². The Bertz CT molecular complexity index is 595. The van der Waals surface area contributed by atoms with Crippen molar-refractivity contribution in [3.05, 3.63) is 28.8 Å². The van der Waals surface area contributed by atoms with Crippen LogP contribution in [-0.2, 0) is 4.79 Å². The number of carbonyl (C=O) groups excluding carboxylic acids is 2. The molecule has 1 N–H and O–H groups in total. The Balaban J connectivity index is 1.74. The van der Waals surface area contributed by atoms with E-state index in [4.69, 9.17) is 11.6 Å². The zero-order valence-electron chi connectivity index (χ0n) is 13.3. The molecule has 1 heterocycles. The smallest absolute Gasteiger partial charge is 0.251 e. The molecule has 1 saturated heterocycles. The number of benzene rings is 1. The van der Waals surface area contributed by atoms with Gasteiger partial charge in [-0.25, -0.2) is 0 Å². The van der Waals surface area contributed by atoms with E-state index in [0.717, 1.165) is 19.3 Å². The van der Waals surface area contributed by atoms with Crippen LogP contribution in [0.2, 0.25) is 5.02 Å². The molecule has 1 aliphatic heterocycles. The molecule has 0 radical (unpaired) electrons. The monoisotopic (exact) mass is 334 g/mol. The summed E-state index contributed by atoms with van der Waals surface area (Å²) in [5, 5.41) is 3.66. The van der Waals surface area contributed by atoms with E-state index in [-0.39, 0.29) is 17.9 Å². The maximum Gasteiger partial charge on any atom is 0.251 e. The fourth-order valence-electron chi connectivity index (χ4n) is 3.46. The third-order valence-corrected chi connectivity index (χ3v) is 5.08. The van der Waals surface area contributed by atoms with Gasteiger partial charge in [0, 0.05) is 24.6 Å². The van der Waals surface area contributed by atoms with Crippen LogP contribution in [0.3, 0.4) is 0 Å². The molecule has 1 aromatic rings. The first kappa shape index (κ1) is 16.3. The number of hydrogen-bond donors (Lipinski definition) is 1. The number of rotatable bonds is 3. The Labute approximate surface area is 142 Å². The lowest BCUT2D eigenvalue weighted by molar-refractivity contribution is -0.117. The molecular weight excluding hydrogens is 312 g/mol. The summed E-state index contributed by atoms with van der Waals surface area (Å²) in [7, 11) is 0. The third kappa shape index (κ3) is 3.86. The van der Waals surface area contributed by atoms with E-state index in [1.165, 1.54) is 25.7 Å². The molecule has 2 aliphatic rings. The van der Waals surface area contributed by atoms with Gasteiger partial charge in [0.25, 0.3) is 5.91 Å². The summed E-state index contributed by atoms with van der Waals surface area (Å²) in [6.45, 7) is 0.673. The average molecular weight is 335 g/mol. The molecule has 2 amide bonds. The van der Waals surface area contributed by atoms with Crippen molar-refractivity contribution in [3.63, 3.8) is 0 Å². The SMILES string of the molecule is O=C(NC1CCCCCC1)c1ccc(Cl)c(N2CCCC2=O)c1. The number of anilines is 1. The van der Waals surface area contributed by atoms with Gasteiger partial charge < -0.3 is 10.2 Å². The van der Waals surface area contributed by atoms with E-state index in [1.807, 2.05) is 0 Å². The van der Waals surface area contributed by atoms with Crippen molar-refractivity contribution in [2.24, 2.45) is 0 Å². The number of halogens is 1. The summed E-state index contributed by atoms with van der Waals surface area (Å²) < 4.78 is 0. The van der Waals surface area contributed by atoms with Crippen LogP contribution >= 0.6 is 11.6 Å². The zero-order chi connectivity index (χ0) is 16.2.